The molecule has 0 saturated heterocycles. The van der Waals surface area contributed by atoms with Crippen molar-refractivity contribution in [1.82, 2.24) is 19.3 Å². The Morgan fingerprint density at radius 3 is 2.95 bits per heavy atom. The maximum atomic E-state index is 11.8. The molecule has 0 spiro atoms. The Morgan fingerprint density at radius 1 is 1.42 bits per heavy atom. The van der Waals surface area contributed by atoms with Crippen molar-refractivity contribution in [2.75, 3.05) is 11.6 Å². The highest BCUT2D eigenvalue weighted by atomic mass is 35.5. The predicted octanol–water partition coefficient (Wildman–Crippen LogP) is 1.02. The Bertz CT molecular complexity index is 656. The number of pyridine rings is 1. The maximum absolute atomic E-state index is 11.8. The molecular formula is C11H15ClN4O2S. The summed E-state index contributed by atoms with van der Waals surface area (Å²) >= 11 is 5.62. The molecule has 2 heterocycles. The Balaban J connectivity index is 2.06. The van der Waals surface area contributed by atoms with Gasteiger partial charge in [0.25, 0.3) is 0 Å². The van der Waals surface area contributed by atoms with Crippen LogP contribution in [0, 0.1) is 5.92 Å². The van der Waals surface area contributed by atoms with Gasteiger partial charge in [-0.25, -0.2) is 13.1 Å². The van der Waals surface area contributed by atoms with E-state index in [2.05, 4.69) is 14.9 Å². The molecule has 19 heavy (non-hydrogen) atoms. The van der Waals surface area contributed by atoms with Crippen LogP contribution in [0.4, 0.5) is 0 Å². The van der Waals surface area contributed by atoms with Crippen molar-refractivity contribution in [3.8, 4) is 0 Å². The molecule has 2 aromatic heterocycles. The van der Waals surface area contributed by atoms with E-state index in [1.165, 1.54) is 0 Å². The number of halogens is 1. The first-order valence-electron chi connectivity index (χ1n) is 5.84. The van der Waals surface area contributed by atoms with Crippen LogP contribution in [0.15, 0.2) is 24.4 Å². The topological polar surface area (TPSA) is 76.4 Å². The van der Waals surface area contributed by atoms with E-state index in [1.807, 2.05) is 12.1 Å². The number of nitrogens with one attached hydrogen (secondary N) is 1. The number of hydrogen-bond donors (Lipinski definition) is 1. The molecule has 6 nitrogen and oxygen atoms in total. The lowest BCUT2D eigenvalue weighted by Crippen LogP contribution is -2.29. The van der Waals surface area contributed by atoms with Gasteiger partial charge in [0.05, 0.1) is 12.3 Å². The second-order valence-electron chi connectivity index (χ2n) is 4.41. The average Bonchev–Trinajstić information content (AvgIpc) is 2.79. The normalized spacial score (nSPS) is 13.8. The molecule has 1 unspecified atom stereocenters. The first kappa shape index (κ1) is 14.2. The first-order valence-corrected chi connectivity index (χ1v) is 8.02. The lowest BCUT2D eigenvalue weighted by atomic mass is 10.3. The zero-order valence-corrected chi connectivity index (χ0v) is 12.0. The molecule has 0 aliphatic heterocycles. The molecule has 0 saturated carbocycles. The lowest BCUT2D eigenvalue weighted by Gasteiger charge is -2.09. The number of sulfonamides is 1. The van der Waals surface area contributed by atoms with Crippen LogP contribution >= 0.6 is 11.6 Å². The van der Waals surface area contributed by atoms with Gasteiger partial charge in [0, 0.05) is 12.1 Å². The van der Waals surface area contributed by atoms with Crippen molar-refractivity contribution in [3.05, 3.63) is 30.2 Å². The smallest absolute Gasteiger partial charge is 0.212 e. The number of aromatic nitrogens is 3. The molecular weight excluding hydrogens is 288 g/mol. The van der Waals surface area contributed by atoms with E-state index < -0.39 is 10.0 Å². The molecule has 0 bridgehead atoms. The zero-order valence-electron chi connectivity index (χ0n) is 10.5. The fourth-order valence-corrected chi connectivity index (χ4v) is 3.24. The van der Waals surface area contributed by atoms with Gasteiger partial charge in [0.1, 0.15) is 0 Å². The van der Waals surface area contributed by atoms with Crippen molar-refractivity contribution in [2.24, 2.45) is 5.92 Å². The van der Waals surface area contributed by atoms with Gasteiger partial charge in [-0.1, -0.05) is 13.0 Å². The fourth-order valence-electron chi connectivity index (χ4n) is 1.66. The molecule has 8 heteroatoms. The van der Waals surface area contributed by atoms with Crippen LogP contribution in [0.1, 0.15) is 12.7 Å². The largest absolute Gasteiger partial charge is 0.285 e. The molecule has 0 amide bonds. The van der Waals surface area contributed by atoms with Crippen molar-refractivity contribution in [2.45, 2.75) is 13.5 Å². The van der Waals surface area contributed by atoms with Crippen LogP contribution in [-0.2, 0) is 16.6 Å². The maximum Gasteiger partial charge on any atom is 0.212 e. The van der Waals surface area contributed by atoms with Gasteiger partial charge >= 0.3 is 0 Å². The van der Waals surface area contributed by atoms with E-state index in [0.29, 0.717) is 17.4 Å². The first-order chi connectivity index (χ1) is 9.02. The zero-order chi connectivity index (χ0) is 13.9. The number of fused-ring (bicyclic) bond motifs is 1. The summed E-state index contributed by atoms with van der Waals surface area (Å²) in [5, 5.41) is 7.91. The number of alkyl halides is 1. The monoisotopic (exact) mass is 302 g/mol. The summed E-state index contributed by atoms with van der Waals surface area (Å²) in [5.41, 5.74) is 0.686. The Kier molecular flexibility index (Phi) is 4.38. The summed E-state index contributed by atoms with van der Waals surface area (Å²) in [5.74, 6) is 0.786. The summed E-state index contributed by atoms with van der Waals surface area (Å²) in [6.45, 7) is 1.90. The van der Waals surface area contributed by atoms with E-state index in [1.54, 1.807) is 23.6 Å². The van der Waals surface area contributed by atoms with Gasteiger partial charge < -0.3 is 0 Å². The third-order valence-corrected chi connectivity index (χ3v) is 4.72. The third kappa shape index (κ3) is 3.65. The van der Waals surface area contributed by atoms with E-state index in [9.17, 15) is 8.42 Å². The van der Waals surface area contributed by atoms with Crippen LogP contribution in [-0.4, -0.2) is 34.6 Å². The summed E-state index contributed by atoms with van der Waals surface area (Å²) in [6, 6.07) is 5.49. The van der Waals surface area contributed by atoms with Gasteiger partial charge in [-0.15, -0.1) is 21.8 Å². The van der Waals surface area contributed by atoms with Crippen LogP contribution < -0.4 is 4.72 Å². The predicted molar refractivity (Wildman–Crippen MR) is 73.5 cm³/mol. The Hall–Kier alpha value is -1.18. The molecule has 2 aromatic rings. The van der Waals surface area contributed by atoms with Gasteiger partial charge in [0.2, 0.25) is 10.0 Å². The van der Waals surface area contributed by atoms with Crippen molar-refractivity contribution in [1.29, 1.82) is 0 Å². The standard InChI is InChI=1S/C11H15ClN4O2S/c1-9(6-12)8-19(17,18)13-7-11-15-14-10-4-2-3-5-16(10)11/h2-5,9,13H,6-8H2,1H3. The minimum absolute atomic E-state index is 0.00718. The summed E-state index contributed by atoms with van der Waals surface area (Å²) in [4.78, 5) is 0. The molecule has 0 aliphatic rings. The van der Waals surface area contributed by atoms with Crippen LogP contribution in [0.2, 0.25) is 0 Å². The minimum Gasteiger partial charge on any atom is -0.285 e. The van der Waals surface area contributed by atoms with Gasteiger partial charge in [-0.2, -0.15) is 0 Å². The quantitative estimate of drug-likeness (QED) is 0.808. The van der Waals surface area contributed by atoms with E-state index in [0.717, 1.165) is 0 Å². The Morgan fingerprint density at radius 2 is 2.21 bits per heavy atom. The van der Waals surface area contributed by atoms with E-state index in [4.69, 9.17) is 11.6 Å². The van der Waals surface area contributed by atoms with Crippen LogP contribution in [0.25, 0.3) is 5.65 Å². The minimum atomic E-state index is -3.35. The SMILES string of the molecule is CC(CCl)CS(=O)(=O)NCc1nnc2ccccn12. The molecule has 1 N–H and O–H groups in total. The summed E-state index contributed by atoms with van der Waals surface area (Å²) in [6.07, 6.45) is 1.79. The molecule has 0 fully saturated rings. The molecule has 0 radical (unpaired) electrons. The van der Waals surface area contributed by atoms with Crippen molar-refractivity contribution in [3.63, 3.8) is 0 Å². The average molecular weight is 303 g/mol. The molecule has 1 atom stereocenters. The second kappa shape index (κ2) is 5.85. The highest BCUT2D eigenvalue weighted by molar-refractivity contribution is 7.89. The summed E-state index contributed by atoms with van der Waals surface area (Å²) in [7, 11) is -3.35. The number of rotatable bonds is 6. The third-order valence-electron chi connectivity index (χ3n) is 2.60. The van der Waals surface area contributed by atoms with Gasteiger partial charge in [0.15, 0.2) is 11.5 Å². The van der Waals surface area contributed by atoms with Gasteiger partial charge in [-0.3, -0.25) is 4.40 Å². The highest BCUT2D eigenvalue weighted by Crippen LogP contribution is 2.05. The fraction of sp³-hybridized carbons (Fsp3) is 0.455. The van der Waals surface area contributed by atoms with E-state index in [-0.39, 0.29) is 18.2 Å². The second-order valence-corrected chi connectivity index (χ2v) is 6.57. The number of hydrogen-bond acceptors (Lipinski definition) is 4. The van der Waals surface area contributed by atoms with Crippen molar-refractivity contribution < 1.29 is 8.42 Å². The molecule has 0 aliphatic carbocycles. The number of nitrogens with zero attached hydrogens (tertiary/aromatic N) is 3. The highest BCUT2D eigenvalue weighted by Gasteiger charge is 2.16. The Labute approximate surface area is 116 Å². The van der Waals surface area contributed by atoms with Crippen LogP contribution in [0.3, 0.4) is 0 Å². The molecule has 104 valence electrons. The summed E-state index contributed by atoms with van der Waals surface area (Å²) < 4.78 is 27.9. The lowest BCUT2D eigenvalue weighted by molar-refractivity contribution is 0.566. The van der Waals surface area contributed by atoms with Gasteiger partial charge in [-0.05, 0) is 18.1 Å². The van der Waals surface area contributed by atoms with E-state index >= 15 is 0 Å². The van der Waals surface area contributed by atoms with Crippen LogP contribution in [0.5, 0.6) is 0 Å². The molecule has 2 rings (SSSR count). The molecule has 0 aromatic carbocycles. The van der Waals surface area contributed by atoms with Crippen molar-refractivity contribution >= 4 is 27.3 Å².